The second-order valence-corrected chi connectivity index (χ2v) is 6.54. The Balaban J connectivity index is 4.47. The third kappa shape index (κ3) is 8.53. The molecule has 1 atom stereocenters. The fraction of sp³-hybridized carbons (Fsp3) is 1.00. The molecule has 0 aromatic carbocycles. The number of hydrogen-bond donors (Lipinski definition) is 0. The second kappa shape index (κ2) is 14.5. The summed E-state index contributed by atoms with van der Waals surface area (Å²) in [6.07, 6.45) is 13.7. The second-order valence-electron chi connectivity index (χ2n) is 6.54. The molecule has 0 amide bonds. The van der Waals surface area contributed by atoms with E-state index in [0.29, 0.717) is 0 Å². The molecule has 0 aliphatic heterocycles. The van der Waals surface area contributed by atoms with E-state index in [1.807, 2.05) is 0 Å². The number of ether oxygens (including phenoxy) is 2. The van der Waals surface area contributed by atoms with Gasteiger partial charge < -0.3 is 9.47 Å². The Kier molecular flexibility index (Phi) is 14.5. The molecule has 0 saturated carbocycles. The third-order valence-corrected chi connectivity index (χ3v) is 4.72. The Morgan fingerprint density at radius 1 is 0.682 bits per heavy atom. The van der Waals surface area contributed by atoms with E-state index in [-0.39, 0.29) is 11.7 Å². The minimum atomic E-state index is -0.0748. The monoisotopic (exact) mass is 314 g/mol. The summed E-state index contributed by atoms with van der Waals surface area (Å²) in [6.45, 7) is 12.9. The Labute approximate surface area is 140 Å². The normalized spacial score (nSPS) is 13.5. The zero-order chi connectivity index (χ0) is 16.7. The SMILES string of the molecule is CCCCCCCCC(OCCC)C(CC)(CC)OCCC. The molecule has 0 radical (unpaired) electrons. The predicted molar refractivity (Wildman–Crippen MR) is 97.6 cm³/mol. The lowest BCUT2D eigenvalue weighted by molar-refractivity contribution is -0.153. The first-order valence-corrected chi connectivity index (χ1v) is 9.96. The topological polar surface area (TPSA) is 18.5 Å². The molecule has 0 aromatic rings. The maximum Gasteiger partial charge on any atom is 0.0937 e. The fourth-order valence-electron chi connectivity index (χ4n) is 3.18. The van der Waals surface area contributed by atoms with E-state index in [1.165, 1.54) is 38.5 Å². The van der Waals surface area contributed by atoms with Crippen LogP contribution in [-0.2, 0) is 9.47 Å². The zero-order valence-electron chi connectivity index (χ0n) is 16.1. The van der Waals surface area contributed by atoms with Gasteiger partial charge in [-0.25, -0.2) is 0 Å². The zero-order valence-corrected chi connectivity index (χ0v) is 16.1. The summed E-state index contributed by atoms with van der Waals surface area (Å²) in [4.78, 5) is 0. The van der Waals surface area contributed by atoms with Crippen LogP contribution in [0.15, 0.2) is 0 Å². The van der Waals surface area contributed by atoms with E-state index in [4.69, 9.17) is 9.47 Å². The molecular formula is C20H42O2. The fourth-order valence-corrected chi connectivity index (χ4v) is 3.18. The third-order valence-electron chi connectivity index (χ3n) is 4.72. The van der Waals surface area contributed by atoms with Gasteiger partial charge in [0, 0.05) is 13.2 Å². The maximum atomic E-state index is 6.31. The lowest BCUT2D eigenvalue weighted by Gasteiger charge is -2.39. The molecule has 0 bridgehead atoms. The van der Waals surface area contributed by atoms with Crippen LogP contribution < -0.4 is 0 Å². The summed E-state index contributed by atoms with van der Waals surface area (Å²) in [5.41, 5.74) is -0.0748. The van der Waals surface area contributed by atoms with Crippen LogP contribution in [0.2, 0.25) is 0 Å². The molecule has 0 aromatic heterocycles. The molecule has 134 valence electrons. The Hall–Kier alpha value is -0.0800. The molecular weight excluding hydrogens is 272 g/mol. The van der Waals surface area contributed by atoms with Crippen molar-refractivity contribution < 1.29 is 9.47 Å². The Morgan fingerprint density at radius 2 is 1.27 bits per heavy atom. The highest BCUT2D eigenvalue weighted by atomic mass is 16.5. The smallest absolute Gasteiger partial charge is 0.0937 e. The van der Waals surface area contributed by atoms with Gasteiger partial charge >= 0.3 is 0 Å². The van der Waals surface area contributed by atoms with E-state index >= 15 is 0 Å². The first-order valence-electron chi connectivity index (χ1n) is 9.96. The molecule has 0 spiro atoms. The van der Waals surface area contributed by atoms with Gasteiger partial charge in [0.25, 0.3) is 0 Å². The predicted octanol–water partition coefficient (Wildman–Crippen LogP) is 6.52. The number of unbranched alkanes of at least 4 members (excludes halogenated alkanes) is 5. The van der Waals surface area contributed by atoms with Gasteiger partial charge in [-0.1, -0.05) is 73.1 Å². The number of rotatable bonds is 16. The molecule has 0 heterocycles. The van der Waals surface area contributed by atoms with Crippen LogP contribution in [0, 0.1) is 0 Å². The molecule has 0 fully saturated rings. The van der Waals surface area contributed by atoms with Crippen molar-refractivity contribution in [2.75, 3.05) is 13.2 Å². The highest BCUT2D eigenvalue weighted by Gasteiger charge is 2.36. The van der Waals surface area contributed by atoms with Gasteiger partial charge in [-0.15, -0.1) is 0 Å². The summed E-state index contributed by atoms with van der Waals surface area (Å²) in [5, 5.41) is 0. The quantitative estimate of drug-likeness (QED) is 0.302. The van der Waals surface area contributed by atoms with Crippen LogP contribution in [0.5, 0.6) is 0 Å². The lowest BCUT2D eigenvalue weighted by atomic mass is 9.86. The highest BCUT2D eigenvalue weighted by Crippen LogP contribution is 2.31. The molecule has 2 nitrogen and oxygen atoms in total. The summed E-state index contributed by atoms with van der Waals surface area (Å²) < 4.78 is 12.5. The molecule has 0 saturated heterocycles. The molecule has 0 rings (SSSR count). The van der Waals surface area contributed by atoms with Gasteiger partial charge in [-0.2, -0.15) is 0 Å². The van der Waals surface area contributed by atoms with Crippen LogP contribution in [-0.4, -0.2) is 24.9 Å². The lowest BCUT2D eigenvalue weighted by Crippen LogP contribution is -2.46. The average Bonchev–Trinajstić information content (AvgIpc) is 2.55. The molecule has 0 aliphatic carbocycles. The van der Waals surface area contributed by atoms with Gasteiger partial charge in [0.2, 0.25) is 0 Å². The van der Waals surface area contributed by atoms with Crippen molar-refractivity contribution in [3.8, 4) is 0 Å². The average molecular weight is 315 g/mol. The molecule has 0 aliphatic rings. The van der Waals surface area contributed by atoms with E-state index in [1.54, 1.807) is 0 Å². The van der Waals surface area contributed by atoms with Crippen LogP contribution >= 0.6 is 0 Å². The van der Waals surface area contributed by atoms with Crippen LogP contribution in [0.3, 0.4) is 0 Å². The van der Waals surface area contributed by atoms with E-state index < -0.39 is 0 Å². The minimum absolute atomic E-state index is 0.0748. The highest BCUT2D eigenvalue weighted by molar-refractivity contribution is 4.87. The van der Waals surface area contributed by atoms with Crippen molar-refractivity contribution in [2.45, 2.75) is 117 Å². The molecule has 1 unspecified atom stereocenters. The van der Waals surface area contributed by atoms with Gasteiger partial charge in [0.1, 0.15) is 0 Å². The Morgan fingerprint density at radius 3 is 1.82 bits per heavy atom. The van der Waals surface area contributed by atoms with Crippen molar-refractivity contribution in [3.63, 3.8) is 0 Å². The van der Waals surface area contributed by atoms with Crippen molar-refractivity contribution in [1.82, 2.24) is 0 Å². The van der Waals surface area contributed by atoms with Crippen molar-refractivity contribution in [2.24, 2.45) is 0 Å². The van der Waals surface area contributed by atoms with Gasteiger partial charge in [0.05, 0.1) is 11.7 Å². The first-order chi connectivity index (χ1) is 10.7. The van der Waals surface area contributed by atoms with E-state index in [2.05, 4.69) is 34.6 Å². The summed E-state index contributed by atoms with van der Waals surface area (Å²) in [6, 6.07) is 0. The summed E-state index contributed by atoms with van der Waals surface area (Å²) >= 11 is 0. The number of hydrogen-bond acceptors (Lipinski definition) is 2. The van der Waals surface area contributed by atoms with Crippen molar-refractivity contribution >= 4 is 0 Å². The largest absolute Gasteiger partial charge is 0.375 e. The first kappa shape index (κ1) is 21.9. The molecule has 2 heteroatoms. The van der Waals surface area contributed by atoms with Crippen molar-refractivity contribution in [1.29, 1.82) is 0 Å². The van der Waals surface area contributed by atoms with E-state index in [0.717, 1.165) is 45.3 Å². The van der Waals surface area contributed by atoms with Crippen molar-refractivity contribution in [3.05, 3.63) is 0 Å². The van der Waals surface area contributed by atoms with E-state index in [9.17, 15) is 0 Å². The van der Waals surface area contributed by atoms with Gasteiger partial charge in [0.15, 0.2) is 0 Å². The minimum Gasteiger partial charge on any atom is -0.375 e. The maximum absolute atomic E-state index is 6.31. The van der Waals surface area contributed by atoms with Gasteiger partial charge in [-0.3, -0.25) is 0 Å². The van der Waals surface area contributed by atoms with Crippen LogP contribution in [0.1, 0.15) is 105 Å². The summed E-state index contributed by atoms with van der Waals surface area (Å²) in [7, 11) is 0. The Bertz CT molecular complexity index is 224. The summed E-state index contributed by atoms with van der Waals surface area (Å²) in [5.74, 6) is 0. The standard InChI is InChI=1S/C20H42O2/c1-6-11-12-13-14-15-16-19(21-17-7-2)20(9-4,10-5)22-18-8-3/h19H,6-18H2,1-5H3. The van der Waals surface area contributed by atoms with Crippen LogP contribution in [0.25, 0.3) is 0 Å². The molecule has 22 heavy (non-hydrogen) atoms. The molecule has 0 N–H and O–H groups in total. The van der Waals surface area contributed by atoms with Crippen LogP contribution in [0.4, 0.5) is 0 Å². The van der Waals surface area contributed by atoms with Gasteiger partial charge in [-0.05, 0) is 32.1 Å².